The van der Waals surface area contributed by atoms with Crippen LogP contribution >= 0.6 is 11.3 Å². The summed E-state index contributed by atoms with van der Waals surface area (Å²) in [4.78, 5) is 24.5. The van der Waals surface area contributed by atoms with E-state index in [4.69, 9.17) is 0 Å². The third-order valence-electron chi connectivity index (χ3n) is 6.35. The van der Waals surface area contributed by atoms with Crippen molar-refractivity contribution in [3.63, 3.8) is 0 Å². The van der Waals surface area contributed by atoms with E-state index in [1.807, 2.05) is 0 Å². The molecule has 4 aliphatic carbocycles. The topological polar surface area (TPSA) is 96.0 Å². The molecular weight excluding hydrogens is 374 g/mol. The average Bonchev–Trinajstić information content (AvgIpc) is 2.98. The summed E-state index contributed by atoms with van der Waals surface area (Å²) in [6.45, 7) is 4.57. The zero-order valence-corrected chi connectivity index (χ0v) is 17.6. The second kappa shape index (κ2) is 7.97. The van der Waals surface area contributed by atoms with Gasteiger partial charge in [0.05, 0.1) is 0 Å². The molecule has 0 unspecified atom stereocenters. The molecule has 0 aliphatic heterocycles. The average molecular weight is 406 g/mol. The Hall–Kier alpha value is -1.70. The van der Waals surface area contributed by atoms with E-state index in [2.05, 4.69) is 40.0 Å². The molecule has 3 amide bonds. The first-order chi connectivity index (χ1) is 13.4. The predicted octanol–water partition coefficient (Wildman–Crippen LogP) is 3.33. The fourth-order valence-corrected chi connectivity index (χ4v) is 6.72. The highest BCUT2D eigenvalue weighted by molar-refractivity contribution is 7.15. The van der Waals surface area contributed by atoms with Crippen molar-refractivity contribution in [1.82, 2.24) is 20.8 Å². The Morgan fingerprint density at radius 2 is 1.75 bits per heavy atom. The number of anilines is 1. The highest BCUT2D eigenvalue weighted by atomic mass is 32.1. The van der Waals surface area contributed by atoms with Crippen LogP contribution in [0.5, 0.6) is 0 Å². The smallest absolute Gasteiger partial charge is 0.315 e. The number of aromatic nitrogens is 2. The van der Waals surface area contributed by atoms with Gasteiger partial charge in [-0.05, 0) is 62.2 Å². The van der Waals surface area contributed by atoms with Crippen molar-refractivity contribution in [3.05, 3.63) is 5.01 Å². The first-order valence-electron chi connectivity index (χ1n) is 10.6. The largest absolute Gasteiger partial charge is 0.338 e. The number of urea groups is 1. The molecule has 4 fully saturated rings. The van der Waals surface area contributed by atoms with Crippen LogP contribution in [0.15, 0.2) is 0 Å². The lowest BCUT2D eigenvalue weighted by Crippen LogP contribution is -2.61. The molecule has 3 N–H and O–H groups in total. The van der Waals surface area contributed by atoms with E-state index in [0.29, 0.717) is 17.6 Å². The molecule has 1 heterocycles. The van der Waals surface area contributed by atoms with E-state index in [9.17, 15) is 9.59 Å². The second-order valence-corrected chi connectivity index (χ2v) is 10.5. The molecule has 0 atom stereocenters. The number of hydrogen-bond acceptors (Lipinski definition) is 5. The molecular formula is C20H31N5O2S. The minimum Gasteiger partial charge on any atom is -0.338 e. The molecule has 154 valence electrons. The van der Waals surface area contributed by atoms with Gasteiger partial charge in [-0.1, -0.05) is 25.2 Å². The maximum atomic E-state index is 12.4. The molecule has 0 saturated heterocycles. The number of carbonyl (C=O) groups excluding carboxylic acids is 2. The van der Waals surface area contributed by atoms with Crippen LogP contribution in [0.2, 0.25) is 0 Å². The van der Waals surface area contributed by atoms with E-state index in [-0.39, 0.29) is 23.9 Å². The Kier molecular flexibility index (Phi) is 5.58. The molecule has 1 aromatic heterocycles. The maximum absolute atomic E-state index is 12.4. The van der Waals surface area contributed by atoms with Crippen LogP contribution in [0.4, 0.5) is 9.93 Å². The molecule has 0 spiro atoms. The van der Waals surface area contributed by atoms with Gasteiger partial charge in [0.15, 0.2) is 0 Å². The van der Waals surface area contributed by atoms with Crippen molar-refractivity contribution in [2.45, 2.75) is 70.8 Å². The van der Waals surface area contributed by atoms with Gasteiger partial charge in [-0.15, -0.1) is 10.2 Å². The van der Waals surface area contributed by atoms with E-state index < -0.39 is 0 Å². The fraction of sp³-hybridized carbons (Fsp3) is 0.800. The Balaban J connectivity index is 1.18. The van der Waals surface area contributed by atoms with E-state index in [1.165, 1.54) is 30.6 Å². The number of carbonyl (C=O) groups is 2. The number of rotatable bonds is 7. The van der Waals surface area contributed by atoms with Crippen molar-refractivity contribution in [2.75, 3.05) is 11.9 Å². The van der Waals surface area contributed by atoms with Gasteiger partial charge in [-0.25, -0.2) is 4.79 Å². The standard InChI is InChI=1S/C20H31N5O2S/c1-12(2)5-17-24-25-19(28-17)22-16(26)3-4-21-18(27)23-20-9-13-6-14(10-20)8-15(7-13)11-20/h12-15H,3-11H2,1-2H3,(H2,21,23,27)(H,22,25,26). The summed E-state index contributed by atoms with van der Waals surface area (Å²) in [5.41, 5.74) is 0.000462. The molecule has 8 heteroatoms. The Labute approximate surface area is 170 Å². The lowest BCUT2D eigenvalue weighted by molar-refractivity contribution is -0.116. The van der Waals surface area contributed by atoms with Gasteiger partial charge < -0.3 is 16.0 Å². The van der Waals surface area contributed by atoms with Gasteiger partial charge >= 0.3 is 6.03 Å². The third kappa shape index (κ3) is 4.64. The maximum Gasteiger partial charge on any atom is 0.315 e. The van der Waals surface area contributed by atoms with Gasteiger partial charge in [0.1, 0.15) is 5.01 Å². The van der Waals surface area contributed by atoms with Gasteiger partial charge in [-0.2, -0.15) is 0 Å². The monoisotopic (exact) mass is 405 g/mol. The van der Waals surface area contributed by atoms with Crippen LogP contribution in [-0.4, -0.2) is 34.2 Å². The van der Waals surface area contributed by atoms with Crippen LogP contribution in [0.1, 0.15) is 63.8 Å². The second-order valence-electron chi connectivity index (χ2n) is 9.48. The van der Waals surface area contributed by atoms with Crippen molar-refractivity contribution < 1.29 is 9.59 Å². The zero-order chi connectivity index (χ0) is 19.7. The third-order valence-corrected chi connectivity index (χ3v) is 7.21. The molecule has 5 rings (SSSR count). The zero-order valence-electron chi connectivity index (χ0n) is 16.8. The van der Waals surface area contributed by atoms with Gasteiger partial charge in [0.25, 0.3) is 0 Å². The minimum absolute atomic E-state index is 0.000462. The Morgan fingerprint density at radius 3 is 2.36 bits per heavy atom. The minimum atomic E-state index is -0.151. The summed E-state index contributed by atoms with van der Waals surface area (Å²) in [6.07, 6.45) is 8.54. The van der Waals surface area contributed by atoms with Crippen LogP contribution < -0.4 is 16.0 Å². The Morgan fingerprint density at radius 1 is 1.11 bits per heavy atom. The summed E-state index contributed by atoms with van der Waals surface area (Å²) < 4.78 is 0. The molecule has 7 nitrogen and oxygen atoms in total. The first-order valence-corrected chi connectivity index (χ1v) is 11.4. The summed E-state index contributed by atoms with van der Waals surface area (Å²) in [5.74, 6) is 2.75. The van der Waals surface area contributed by atoms with Crippen molar-refractivity contribution in [1.29, 1.82) is 0 Å². The van der Waals surface area contributed by atoms with Crippen LogP contribution in [0.3, 0.4) is 0 Å². The Bertz CT molecular complexity index is 697. The summed E-state index contributed by atoms with van der Waals surface area (Å²) in [7, 11) is 0. The number of hydrogen-bond donors (Lipinski definition) is 3. The van der Waals surface area contributed by atoms with Crippen molar-refractivity contribution in [3.8, 4) is 0 Å². The van der Waals surface area contributed by atoms with Gasteiger partial charge in [-0.3, -0.25) is 4.79 Å². The molecule has 28 heavy (non-hydrogen) atoms. The molecule has 4 saturated carbocycles. The normalized spacial score (nSPS) is 30.5. The summed E-state index contributed by atoms with van der Waals surface area (Å²) in [6, 6.07) is -0.134. The molecule has 4 bridgehead atoms. The van der Waals surface area contributed by atoms with E-state index >= 15 is 0 Å². The fourth-order valence-electron chi connectivity index (χ4n) is 5.76. The number of nitrogens with one attached hydrogen (secondary N) is 3. The van der Waals surface area contributed by atoms with Crippen LogP contribution in [-0.2, 0) is 11.2 Å². The summed E-state index contributed by atoms with van der Waals surface area (Å²) in [5, 5.41) is 18.5. The molecule has 4 aliphatic rings. The van der Waals surface area contributed by atoms with Gasteiger partial charge in [0, 0.05) is 24.9 Å². The molecule has 1 aromatic rings. The first kappa shape index (κ1) is 19.6. The van der Waals surface area contributed by atoms with Crippen molar-refractivity contribution >= 4 is 28.4 Å². The lowest BCUT2D eigenvalue weighted by atomic mass is 9.53. The van der Waals surface area contributed by atoms with Crippen LogP contribution in [0, 0.1) is 23.7 Å². The SMILES string of the molecule is CC(C)Cc1nnc(NC(=O)CCNC(=O)NC23CC4CC(CC(C4)C2)C3)s1. The summed E-state index contributed by atoms with van der Waals surface area (Å²) >= 11 is 1.41. The van der Waals surface area contributed by atoms with Crippen molar-refractivity contribution in [2.24, 2.45) is 23.7 Å². The van der Waals surface area contributed by atoms with E-state index in [0.717, 1.165) is 48.4 Å². The lowest BCUT2D eigenvalue weighted by Gasteiger charge is -2.56. The highest BCUT2D eigenvalue weighted by Gasteiger charge is 2.51. The molecule has 0 radical (unpaired) electrons. The van der Waals surface area contributed by atoms with E-state index in [1.54, 1.807) is 0 Å². The number of nitrogens with zero attached hydrogens (tertiary/aromatic N) is 2. The van der Waals surface area contributed by atoms with Gasteiger partial charge in [0.2, 0.25) is 11.0 Å². The highest BCUT2D eigenvalue weighted by Crippen LogP contribution is 2.55. The predicted molar refractivity (Wildman–Crippen MR) is 109 cm³/mol. The van der Waals surface area contributed by atoms with Crippen LogP contribution in [0.25, 0.3) is 0 Å². The quantitative estimate of drug-likeness (QED) is 0.648. The molecule has 0 aromatic carbocycles. The number of amides is 3.